The van der Waals surface area contributed by atoms with Crippen LogP contribution in [0, 0.1) is 17.8 Å². The highest BCUT2D eigenvalue weighted by molar-refractivity contribution is 4.86. The minimum Gasteiger partial charge on any atom is -0.381 e. The van der Waals surface area contributed by atoms with E-state index in [1.165, 1.54) is 0 Å². The third-order valence-electron chi connectivity index (χ3n) is 5.05. The van der Waals surface area contributed by atoms with Crippen LogP contribution in [0.3, 0.4) is 0 Å². The van der Waals surface area contributed by atoms with Gasteiger partial charge in [0.15, 0.2) is 0 Å². The molecule has 0 amide bonds. The lowest BCUT2D eigenvalue weighted by Crippen LogP contribution is -2.41. The molecule has 1 saturated carbocycles. The van der Waals surface area contributed by atoms with E-state index < -0.39 is 12.1 Å². The van der Waals surface area contributed by atoms with Crippen molar-refractivity contribution in [2.75, 3.05) is 20.3 Å². The maximum absolute atomic E-state index is 12.9. The van der Waals surface area contributed by atoms with E-state index in [0.717, 1.165) is 38.9 Å². The topological polar surface area (TPSA) is 21.3 Å². The molecule has 1 N–H and O–H groups in total. The average Bonchev–Trinajstić information content (AvgIpc) is 2.45. The van der Waals surface area contributed by atoms with Gasteiger partial charge in [0.2, 0.25) is 0 Å². The Hall–Kier alpha value is -0.290. The highest BCUT2D eigenvalue weighted by atomic mass is 19.4. The van der Waals surface area contributed by atoms with Gasteiger partial charge in [-0.1, -0.05) is 6.42 Å². The molecule has 20 heavy (non-hydrogen) atoms. The fraction of sp³-hybridized carbons (Fsp3) is 1.00. The molecule has 2 nitrogen and oxygen atoms in total. The van der Waals surface area contributed by atoms with Crippen LogP contribution in [0.2, 0.25) is 0 Å². The lowest BCUT2D eigenvalue weighted by atomic mass is 9.75. The molecule has 3 unspecified atom stereocenters. The van der Waals surface area contributed by atoms with Gasteiger partial charge in [-0.3, -0.25) is 0 Å². The molecule has 2 fully saturated rings. The van der Waals surface area contributed by atoms with Gasteiger partial charge in [0, 0.05) is 19.3 Å². The molecule has 0 aromatic carbocycles. The Kier molecular flexibility index (Phi) is 5.73. The van der Waals surface area contributed by atoms with Crippen molar-refractivity contribution >= 4 is 0 Å². The number of ether oxygens (including phenoxy) is 1. The normalized spacial score (nSPS) is 31.2. The van der Waals surface area contributed by atoms with E-state index in [1.54, 1.807) is 0 Å². The third-order valence-corrected chi connectivity index (χ3v) is 5.05. The van der Waals surface area contributed by atoms with E-state index in [9.17, 15) is 13.2 Å². The van der Waals surface area contributed by atoms with Gasteiger partial charge < -0.3 is 10.1 Å². The van der Waals surface area contributed by atoms with Crippen LogP contribution in [-0.4, -0.2) is 32.5 Å². The molecule has 0 bridgehead atoms. The van der Waals surface area contributed by atoms with Gasteiger partial charge in [-0.05, 0) is 57.4 Å². The Bertz CT molecular complexity index is 289. The summed E-state index contributed by atoms with van der Waals surface area (Å²) in [6.07, 6.45) is 1.33. The Balaban J connectivity index is 1.89. The molecule has 0 spiro atoms. The van der Waals surface area contributed by atoms with Gasteiger partial charge in [0.1, 0.15) is 0 Å². The Labute approximate surface area is 119 Å². The zero-order chi connectivity index (χ0) is 14.6. The van der Waals surface area contributed by atoms with E-state index in [2.05, 4.69) is 5.32 Å². The highest BCUT2D eigenvalue weighted by Gasteiger charge is 2.43. The van der Waals surface area contributed by atoms with Gasteiger partial charge in [0.05, 0.1) is 5.92 Å². The molecular formula is C15H26F3NO. The average molecular weight is 293 g/mol. The zero-order valence-corrected chi connectivity index (χ0v) is 12.2. The molecule has 1 aliphatic heterocycles. The van der Waals surface area contributed by atoms with Crippen molar-refractivity contribution in [2.24, 2.45) is 17.8 Å². The smallest absolute Gasteiger partial charge is 0.381 e. The van der Waals surface area contributed by atoms with Crippen molar-refractivity contribution in [2.45, 2.75) is 57.2 Å². The second kappa shape index (κ2) is 7.12. The summed E-state index contributed by atoms with van der Waals surface area (Å²) in [6, 6.07) is 0.225. The Morgan fingerprint density at radius 3 is 2.45 bits per heavy atom. The molecule has 5 heteroatoms. The Morgan fingerprint density at radius 1 is 1.15 bits per heavy atom. The number of rotatable bonds is 4. The lowest BCUT2D eigenvalue weighted by molar-refractivity contribution is -0.186. The summed E-state index contributed by atoms with van der Waals surface area (Å²) in [5.74, 6) is -0.317. The first kappa shape index (κ1) is 16.1. The first-order chi connectivity index (χ1) is 9.50. The molecule has 2 aliphatic rings. The van der Waals surface area contributed by atoms with E-state index >= 15 is 0 Å². The van der Waals surface area contributed by atoms with Crippen LogP contribution in [0.15, 0.2) is 0 Å². The number of hydrogen-bond donors (Lipinski definition) is 1. The SMILES string of the molecule is CNC(CC1CCOCC1)C1CCCC(C(F)(F)F)C1. The highest BCUT2D eigenvalue weighted by Crippen LogP contribution is 2.42. The predicted molar refractivity (Wildman–Crippen MR) is 72.5 cm³/mol. The summed E-state index contributed by atoms with van der Waals surface area (Å²) in [5, 5.41) is 3.28. The van der Waals surface area contributed by atoms with Crippen LogP contribution in [-0.2, 0) is 4.74 Å². The molecule has 1 heterocycles. The summed E-state index contributed by atoms with van der Waals surface area (Å²) in [4.78, 5) is 0. The van der Waals surface area contributed by atoms with Crippen LogP contribution >= 0.6 is 0 Å². The van der Waals surface area contributed by atoms with Gasteiger partial charge in [-0.25, -0.2) is 0 Å². The quantitative estimate of drug-likeness (QED) is 0.852. The molecule has 118 valence electrons. The summed E-state index contributed by atoms with van der Waals surface area (Å²) < 4.78 is 44.1. The standard InChI is InChI=1S/C15H26F3NO/c1-19-14(9-11-5-7-20-8-6-11)12-3-2-4-13(10-12)15(16,17)18/h11-14,19H,2-10H2,1H3. The molecule has 2 rings (SSSR count). The van der Waals surface area contributed by atoms with Crippen molar-refractivity contribution in [3.8, 4) is 0 Å². The molecule has 0 radical (unpaired) electrons. The second-order valence-electron chi connectivity index (χ2n) is 6.35. The van der Waals surface area contributed by atoms with Gasteiger partial charge >= 0.3 is 6.18 Å². The van der Waals surface area contributed by atoms with E-state index in [0.29, 0.717) is 25.2 Å². The van der Waals surface area contributed by atoms with E-state index in [4.69, 9.17) is 4.74 Å². The number of hydrogen-bond acceptors (Lipinski definition) is 2. The summed E-state index contributed by atoms with van der Waals surface area (Å²) in [6.45, 7) is 1.61. The minimum absolute atomic E-state index is 0.170. The molecule has 3 atom stereocenters. The Morgan fingerprint density at radius 2 is 1.85 bits per heavy atom. The first-order valence-corrected chi connectivity index (χ1v) is 7.82. The number of nitrogens with one attached hydrogen (secondary N) is 1. The summed E-state index contributed by atoms with van der Waals surface area (Å²) in [7, 11) is 1.89. The summed E-state index contributed by atoms with van der Waals surface area (Å²) >= 11 is 0. The lowest BCUT2D eigenvalue weighted by Gasteiger charge is -2.37. The fourth-order valence-electron chi connectivity index (χ4n) is 3.78. The zero-order valence-electron chi connectivity index (χ0n) is 12.2. The van der Waals surface area contributed by atoms with E-state index in [-0.39, 0.29) is 12.0 Å². The molecule has 0 aromatic rings. The largest absolute Gasteiger partial charge is 0.391 e. The molecule has 0 aromatic heterocycles. The maximum atomic E-state index is 12.9. The van der Waals surface area contributed by atoms with Crippen LogP contribution in [0.4, 0.5) is 13.2 Å². The molecule has 1 aliphatic carbocycles. The van der Waals surface area contributed by atoms with Gasteiger partial charge in [0.25, 0.3) is 0 Å². The van der Waals surface area contributed by atoms with Gasteiger partial charge in [-0.2, -0.15) is 13.2 Å². The third kappa shape index (κ3) is 4.35. The maximum Gasteiger partial charge on any atom is 0.391 e. The van der Waals surface area contributed by atoms with Crippen LogP contribution < -0.4 is 5.32 Å². The molecule has 1 saturated heterocycles. The van der Waals surface area contributed by atoms with Crippen molar-refractivity contribution < 1.29 is 17.9 Å². The van der Waals surface area contributed by atoms with Crippen LogP contribution in [0.1, 0.15) is 44.9 Å². The van der Waals surface area contributed by atoms with Crippen molar-refractivity contribution in [3.63, 3.8) is 0 Å². The number of alkyl halides is 3. The first-order valence-electron chi connectivity index (χ1n) is 7.82. The predicted octanol–water partition coefficient (Wildman–Crippen LogP) is 3.76. The van der Waals surface area contributed by atoms with E-state index in [1.807, 2.05) is 7.05 Å². The van der Waals surface area contributed by atoms with Gasteiger partial charge in [-0.15, -0.1) is 0 Å². The molecular weight excluding hydrogens is 267 g/mol. The van der Waals surface area contributed by atoms with Crippen LogP contribution in [0.5, 0.6) is 0 Å². The van der Waals surface area contributed by atoms with Crippen molar-refractivity contribution in [1.82, 2.24) is 5.32 Å². The summed E-state index contributed by atoms with van der Waals surface area (Å²) in [5.41, 5.74) is 0. The minimum atomic E-state index is -4.02. The van der Waals surface area contributed by atoms with Crippen LogP contribution in [0.25, 0.3) is 0 Å². The monoisotopic (exact) mass is 293 g/mol. The second-order valence-corrected chi connectivity index (χ2v) is 6.35. The van der Waals surface area contributed by atoms with Crippen molar-refractivity contribution in [1.29, 1.82) is 0 Å². The van der Waals surface area contributed by atoms with Crippen molar-refractivity contribution in [3.05, 3.63) is 0 Å². The fourth-order valence-corrected chi connectivity index (χ4v) is 3.78. The number of halogens is 3.